The summed E-state index contributed by atoms with van der Waals surface area (Å²) in [5, 5.41) is 0. The minimum absolute atomic E-state index is 0.217. The maximum Gasteiger partial charge on any atom is 0.237 e. The van der Waals surface area contributed by atoms with Gasteiger partial charge in [0.1, 0.15) is 0 Å². The first kappa shape index (κ1) is 14.1. The van der Waals surface area contributed by atoms with E-state index in [1.54, 1.807) is 0 Å². The quantitative estimate of drug-likeness (QED) is 0.827. The summed E-state index contributed by atoms with van der Waals surface area (Å²) >= 11 is 0. The van der Waals surface area contributed by atoms with Gasteiger partial charge in [0.2, 0.25) is 5.91 Å². The molecule has 1 heterocycles. The van der Waals surface area contributed by atoms with Gasteiger partial charge in [-0.25, -0.2) is 0 Å². The Morgan fingerprint density at radius 2 is 1.95 bits per heavy atom. The normalized spacial score (nSPS) is 18.5. The smallest absolute Gasteiger partial charge is 0.237 e. The number of carbonyl (C=O) groups is 1. The monoisotopic (exact) mass is 260 g/mol. The Balaban J connectivity index is 2.08. The first-order chi connectivity index (χ1) is 8.94. The number of fused-ring (bicyclic) bond motifs is 1. The van der Waals surface area contributed by atoms with E-state index in [2.05, 4.69) is 6.07 Å². The Bertz CT molecular complexity index is 466. The van der Waals surface area contributed by atoms with Gasteiger partial charge >= 0.3 is 0 Å². The number of nitrogens with zero attached hydrogens (tertiary/aromatic N) is 1. The SMILES string of the molecule is CC(N)CCCCN1C(=O)C(C)(C)c2ccccc21. The van der Waals surface area contributed by atoms with Crippen LogP contribution in [0.25, 0.3) is 0 Å². The minimum Gasteiger partial charge on any atom is -0.328 e. The van der Waals surface area contributed by atoms with Gasteiger partial charge in [0.15, 0.2) is 0 Å². The number of hydrogen-bond donors (Lipinski definition) is 1. The van der Waals surface area contributed by atoms with Crippen LogP contribution in [0, 0.1) is 0 Å². The molecule has 0 aromatic heterocycles. The summed E-state index contributed by atoms with van der Waals surface area (Å²) in [5.41, 5.74) is 7.59. The number of rotatable bonds is 5. The molecule has 0 bridgehead atoms. The van der Waals surface area contributed by atoms with E-state index in [1.165, 1.54) is 0 Å². The molecule has 1 aromatic rings. The van der Waals surface area contributed by atoms with Crippen LogP contribution in [0.2, 0.25) is 0 Å². The molecule has 3 nitrogen and oxygen atoms in total. The summed E-state index contributed by atoms with van der Waals surface area (Å²) in [4.78, 5) is 14.5. The van der Waals surface area contributed by atoms with Crippen LogP contribution in [0.4, 0.5) is 5.69 Å². The number of hydrogen-bond acceptors (Lipinski definition) is 2. The van der Waals surface area contributed by atoms with E-state index in [-0.39, 0.29) is 11.9 Å². The van der Waals surface area contributed by atoms with Crippen LogP contribution in [-0.4, -0.2) is 18.5 Å². The van der Waals surface area contributed by atoms with Gasteiger partial charge in [0.05, 0.1) is 5.41 Å². The fourth-order valence-corrected chi connectivity index (χ4v) is 2.76. The van der Waals surface area contributed by atoms with Crippen molar-refractivity contribution in [2.45, 2.75) is 51.5 Å². The molecule has 0 spiro atoms. The van der Waals surface area contributed by atoms with Crippen LogP contribution in [0.5, 0.6) is 0 Å². The summed E-state index contributed by atoms with van der Waals surface area (Å²) < 4.78 is 0. The second-order valence-electron chi connectivity index (χ2n) is 6.07. The highest BCUT2D eigenvalue weighted by atomic mass is 16.2. The zero-order valence-electron chi connectivity index (χ0n) is 12.1. The predicted octanol–water partition coefficient (Wildman–Crippen LogP) is 2.83. The van der Waals surface area contributed by atoms with Gasteiger partial charge in [-0.05, 0) is 45.2 Å². The molecule has 0 saturated carbocycles. The van der Waals surface area contributed by atoms with Crippen molar-refractivity contribution in [2.24, 2.45) is 5.73 Å². The summed E-state index contributed by atoms with van der Waals surface area (Å²) in [6.45, 7) is 6.84. The van der Waals surface area contributed by atoms with Crippen molar-refractivity contribution in [1.82, 2.24) is 0 Å². The summed E-state index contributed by atoms with van der Waals surface area (Å²) in [7, 11) is 0. The number of unbranched alkanes of at least 4 members (excludes halogenated alkanes) is 1. The zero-order valence-corrected chi connectivity index (χ0v) is 12.1. The van der Waals surface area contributed by atoms with Crippen LogP contribution in [-0.2, 0) is 10.2 Å². The van der Waals surface area contributed by atoms with E-state index >= 15 is 0 Å². The van der Waals surface area contributed by atoms with Gasteiger partial charge in [0.25, 0.3) is 0 Å². The number of para-hydroxylation sites is 1. The fourth-order valence-electron chi connectivity index (χ4n) is 2.76. The molecule has 2 rings (SSSR count). The lowest BCUT2D eigenvalue weighted by molar-refractivity contribution is -0.122. The van der Waals surface area contributed by atoms with Crippen molar-refractivity contribution in [3.63, 3.8) is 0 Å². The molecular formula is C16H24N2O. The minimum atomic E-state index is -0.391. The molecule has 1 aromatic carbocycles. The van der Waals surface area contributed by atoms with Crippen molar-refractivity contribution >= 4 is 11.6 Å². The maximum atomic E-state index is 12.5. The highest BCUT2D eigenvalue weighted by Gasteiger charge is 2.43. The molecule has 0 fully saturated rings. The average Bonchev–Trinajstić information content (AvgIpc) is 2.55. The largest absolute Gasteiger partial charge is 0.328 e. The fraction of sp³-hybridized carbons (Fsp3) is 0.562. The van der Waals surface area contributed by atoms with Gasteiger partial charge in [0, 0.05) is 18.3 Å². The maximum absolute atomic E-state index is 12.5. The van der Waals surface area contributed by atoms with E-state index in [4.69, 9.17) is 5.73 Å². The Morgan fingerprint density at radius 3 is 2.63 bits per heavy atom. The number of nitrogens with two attached hydrogens (primary N) is 1. The number of carbonyl (C=O) groups excluding carboxylic acids is 1. The molecule has 0 saturated heterocycles. The van der Waals surface area contributed by atoms with Crippen LogP contribution < -0.4 is 10.6 Å². The number of amides is 1. The van der Waals surface area contributed by atoms with Gasteiger partial charge in [-0.3, -0.25) is 4.79 Å². The molecule has 19 heavy (non-hydrogen) atoms. The molecule has 0 radical (unpaired) electrons. The zero-order chi connectivity index (χ0) is 14.0. The highest BCUT2D eigenvalue weighted by Crippen LogP contribution is 2.41. The topological polar surface area (TPSA) is 46.3 Å². The van der Waals surface area contributed by atoms with Crippen LogP contribution in [0.15, 0.2) is 24.3 Å². The van der Waals surface area contributed by atoms with Crippen molar-refractivity contribution in [3.05, 3.63) is 29.8 Å². The molecule has 3 heteroatoms. The molecule has 1 atom stereocenters. The van der Waals surface area contributed by atoms with E-state index in [0.29, 0.717) is 0 Å². The Morgan fingerprint density at radius 1 is 1.26 bits per heavy atom. The van der Waals surface area contributed by atoms with Crippen molar-refractivity contribution in [2.75, 3.05) is 11.4 Å². The van der Waals surface area contributed by atoms with E-state index < -0.39 is 5.41 Å². The van der Waals surface area contributed by atoms with Crippen molar-refractivity contribution in [1.29, 1.82) is 0 Å². The van der Waals surface area contributed by atoms with E-state index in [1.807, 2.05) is 43.9 Å². The van der Waals surface area contributed by atoms with Crippen LogP contribution in [0.1, 0.15) is 45.6 Å². The van der Waals surface area contributed by atoms with Crippen LogP contribution >= 0.6 is 0 Å². The molecule has 1 amide bonds. The summed E-state index contributed by atoms with van der Waals surface area (Å²) in [6.07, 6.45) is 3.11. The lowest BCUT2D eigenvalue weighted by atomic mass is 9.86. The molecular weight excluding hydrogens is 236 g/mol. The Hall–Kier alpha value is -1.35. The molecule has 1 aliphatic rings. The number of benzene rings is 1. The second-order valence-corrected chi connectivity index (χ2v) is 6.07. The third-order valence-electron chi connectivity index (χ3n) is 3.94. The van der Waals surface area contributed by atoms with Crippen molar-refractivity contribution < 1.29 is 4.79 Å². The van der Waals surface area contributed by atoms with Crippen molar-refractivity contribution in [3.8, 4) is 0 Å². The van der Waals surface area contributed by atoms with Gasteiger partial charge in [-0.2, -0.15) is 0 Å². The van der Waals surface area contributed by atoms with E-state index in [9.17, 15) is 4.79 Å². The number of anilines is 1. The van der Waals surface area contributed by atoms with Gasteiger partial charge < -0.3 is 10.6 Å². The highest BCUT2D eigenvalue weighted by molar-refractivity contribution is 6.07. The molecule has 1 unspecified atom stereocenters. The summed E-state index contributed by atoms with van der Waals surface area (Å²) in [6, 6.07) is 8.37. The molecule has 104 valence electrons. The Kier molecular flexibility index (Phi) is 3.95. The standard InChI is InChI=1S/C16H24N2O/c1-12(17)8-6-7-11-18-14-10-5-4-9-13(14)16(2,3)15(18)19/h4-5,9-10,12H,6-8,11,17H2,1-3H3. The first-order valence-electron chi connectivity index (χ1n) is 7.11. The predicted molar refractivity (Wildman–Crippen MR) is 79.3 cm³/mol. The third-order valence-corrected chi connectivity index (χ3v) is 3.94. The second kappa shape index (κ2) is 5.33. The lowest BCUT2D eigenvalue weighted by Gasteiger charge is -2.20. The van der Waals surface area contributed by atoms with E-state index in [0.717, 1.165) is 37.1 Å². The molecule has 2 N–H and O–H groups in total. The van der Waals surface area contributed by atoms with Crippen LogP contribution in [0.3, 0.4) is 0 Å². The first-order valence-corrected chi connectivity index (χ1v) is 7.11. The lowest BCUT2D eigenvalue weighted by Crippen LogP contribution is -2.36. The average molecular weight is 260 g/mol. The Labute approximate surface area is 115 Å². The molecule has 0 aliphatic carbocycles. The van der Waals surface area contributed by atoms with Gasteiger partial charge in [-0.1, -0.05) is 24.6 Å². The third kappa shape index (κ3) is 2.66. The summed E-state index contributed by atoms with van der Waals surface area (Å²) in [5.74, 6) is 0.217. The van der Waals surface area contributed by atoms with Gasteiger partial charge in [-0.15, -0.1) is 0 Å². The molecule has 1 aliphatic heterocycles.